The molecule has 0 aliphatic rings. The van der Waals surface area contributed by atoms with Gasteiger partial charge in [0.15, 0.2) is 0 Å². The number of nitrogens with two attached hydrogens (primary N) is 2. The number of Topliss-reactive ketones (excluding diaryl/α,β-unsaturated/α-hetero) is 4. The molecule has 0 bridgehead atoms. The fourth-order valence-corrected chi connectivity index (χ4v) is 15.6. The summed E-state index contributed by atoms with van der Waals surface area (Å²) >= 11 is 2.62. The molecule has 6 aromatic rings. The molecule has 0 aliphatic carbocycles. The molecule has 2 aromatic heterocycles. The fourth-order valence-electron chi connectivity index (χ4n) is 14.0. The molecule has 5 atom stereocenters. The Morgan fingerprint density at radius 2 is 0.920 bits per heavy atom. The number of carboxylic acids is 1. The number of rotatable bonds is 51. The van der Waals surface area contributed by atoms with Crippen LogP contribution in [0.4, 0.5) is 17.6 Å². The third-order valence-corrected chi connectivity index (χ3v) is 21.4. The molecule has 0 saturated carbocycles. The van der Waals surface area contributed by atoms with Crippen LogP contribution in [0.25, 0.3) is 22.3 Å². The Labute approximate surface area is 674 Å². The van der Waals surface area contributed by atoms with Gasteiger partial charge in [-0.1, -0.05) is 115 Å². The zero-order chi connectivity index (χ0) is 83.2. The molecule has 0 fully saturated rings. The highest BCUT2D eigenvalue weighted by Crippen LogP contribution is 2.44. The van der Waals surface area contributed by atoms with Gasteiger partial charge >= 0.3 is 5.97 Å². The zero-order valence-corrected chi connectivity index (χ0v) is 69.5. The molecule has 620 valence electrons. The minimum absolute atomic E-state index is 0.0111. The summed E-state index contributed by atoms with van der Waals surface area (Å²) in [5.41, 5.74) is 15.7. The highest BCUT2D eigenvalue weighted by atomic mass is 32.2. The average molecular weight is 1610 g/mol. The van der Waals surface area contributed by atoms with E-state index in [1.54, 1.807) is 11.1 Å². The van der Waals surface area contributed by atoms with Gasteiger partial charge < -0.3 is 66.4 Å². The largest absolute Gasteiger partial charge is 0.480 e. The van der Waals surface area contributed by atoms with Crippen molar-refractivity contribution in [2.75, 3.05) is 82.9 Å². The molecular formula is C87H122F4N10O10S2. The highest BCUT2D eigenvalue weighted by Gasteiger charge is 2.39. The van der Waals surface area contributed by atoms with Gasteiger partial charge in [-0.05, 0) is 176 Å². The molecule has 26 heteroatoms. The number of nitrogens with one attached hydrogen (secondary N) is 4. The summed E-state index contributed by atoms with van der Waals surface area (Å²) in [7, 11) is 3.73. The Morgan fingerprint density at radius 3 is 1.31 bits per heavy atom. The van der Waals surface area contributed by atoms with E-state index in [1.807, 2.05) is 128 Å². The van der Waals surface area contributed by atoms with E-state index in [1.165, 1.54) is 43.4 Å². The Kier molecular flexibility index (Phi) is 41.7. The Hall–Kier alpha value is -8.27. The van der Waals surface area contributed by atoms with Gasteiger partial charge in [-0.25, -0.2) is 22.4 Å². The van der Waals surface area contributed by atoms with E-state index in [4.69, 9.17) is 11.5 Å². The number of hydrogen-bond donors (Lipinski definition) is 7. The van der Waals surface area contributed by atoms with E-state index >= 15 is 8.78 Å². The Balaban J connectivity index is 0.000000404. The zero-order valence-electron chi connectivity index (χ0n) is 67.8. The number of unbranched alkanes of at least 4 members (excludes halogenated alkanes) is 2. The maximum Gasteiger partial charge on any atom is 0.326 e. The van der Waals surface area contributed by atoms with Gasteiger partial charge in [0.25, 0.3) is 0 Å². The lowest BCUT2D eigenvalue weighted by molar-refractivity contribution is -0.142. The van der Waals surface area contributed by atoms with Crippen molar-refractivity contribution in [2.24, 2.45) is 34.1 Å². The minimum Gasteiger partial charge on any atom is -0.480 e. The monoisotopic (exact) mass is 1610 g/mol. The molecule has 9 N–H and O–H groups in total. The molecule has 4 amide bonds. The maximum atomic E-state index is 15.1. The molecule has 0 saturated heterocycles. The van der Waals surface area contributed by atoms with Gasteiger partial charge in [0.1, 0.15) is 52.4 Å². The second kappa shape index (κ2) is 49.5. The van der Waals surface area contributed by atoms with Crippen molar-refractivity contribution >= 4 is 76.3 Å². The average Bonchev–Trinajstić information content (AvgIpc) is 1.65. The minimum atomic E-state index is -1.28. The molecule has 2 heterocycles. The molecular weight excluding hydrogens is 1490 g/mol. The van der Waals surface area contributed by atoms with E-state index in [0.717, 1.165) is 91.6 Å². The second-order valence-corrected chi connectivity index (χ2v) is 33.4. The van der Waals surface area contributed by atoms with Crippen molar-refractivity contribution in [3.63, 3.8) is 0 Å². The van der Waals surface area contributed by atoms with E-state index in [9.17, 15) is 57.0 Å². The van der Waals surface area contributed by atoms with Crippen LogP contribution in [0.1, 0.15) is 193 Å². The number of carbonyl (C=O) groups excluding carboxylic acids is 8. The first-order valence-corrected chi connectivity index (χ1v) is 41.8. The fraction of sp³-hybridized carbons (Fsp3) is 0.529. The Bertz CT molecular complexity index is 4000. The van der Waals surface area contributed by atoms with E-state index in [2.05, 4.69) is 42.0 Å². The number of nitrogens with zero attached hydrogens (tertiary/aromatic N) is 4. The number of halogens is 4. The molecule has 0 aliphatic heterocycles. The molecule has 0 radical (unpaired) electrons. The first-order chi connectivity index (χ1) is 53.8. The molecule has 4 aromatic carbocycles. The van der Waals surface area contributed by atoms with Crippen molar-refractivity contribution in [3.05, 3.63) is 167 Å². The van der Waals surface area contributed by atoms with Crippen molar-refractivity contribution in [2.45, 2.75) is 189 Å². The van der Waals surface area contributed by atoms with Crippen LogP contribution in [0.2, 0.25) is 0 Å². The number of benzene rings is 4. The van der Waals surface area contributed by atoms with Gasteiger partial charge in [0.2, 0.25) is 23.6 Å². The molecule has 0 unspecified atom stereocenters. The van der Waals surface area contributed by atoms with Gasteiger partial charge in [-0.15, -0.1) is 0 Å². The number of hydrogen-bond acceptors (Lipinski definition) is 15. The third-order valence-electron chi connectivity index (χ3n) is 19.5. The summed E-state index contributed by atoms with van der Waals surface area (Å²) < 4.78 is 62.9. The lowest BCUT2D eigenvalue weighted by Gasteiger charge is -2.41. The normalized spacial score (nSPS) is 12.9. The number of aromatic nitrogens is 2. The smallest absolute Gasteiger partial charge is 0.326 e. The lowest BCUT2D eigenvalue weighted by atomic mass is 9.83. The van der Waals surface area contributed by atoms with E-state index in [-0.39, 0.29) is 114 Å². The number of carboxylic acid groups (broad SMARTS) is 1. The standard InChI is InChI=1S/C44H61F2N5O6S.C43H61F2N5O4S/c1-30(52)24-32(14-9-10-21-48-5)39(53)18-17-37(43(56)57)49-40(54)19-23-58-29-41(55)51(22-11-20-47)42(44(2,3)4)38-25-33(35-26-34(45)15-16-36(35)46)28-50(38)27-31-12-7-6-8-13-31;1-31(51)25-33(15-9-10-21-47-5)39(52)16-11-22-48-40(53)19-24-55-30-41(54)50(23-12-20-46)42(43(2,3)4)38-26-34(36-27-35(44)17-18-37(36)45)29-49(38)28-32-13-7-6-8-14-32/h6-8,12-13,15-16,25-26,28,32,37,42,48H,9-11,14,17-24,27,29,47H2,1-5H3,(H,49,54)(H,56,57);6-8,13-14,17-18,26-27,29,33,42,47H,9-12,15-16,19-25,28,30,46H2,1-5H3,(H,48,53)/t32-,37-,42+;33-,42+/m11/s1. The summed E-state index contributed by atoms with van der Waals surface area (Å²) in [5, 5.41) is 21.4. The first kappa shape index (κ1) is 95.3. The van der Waals surface area contributed by atoms with Crippen molar-refractivity contribution in [3.8, 4) is 22.3 Å². The van der Waals surface area contributed by atoms with Crippen molar-refractivity contribution < 1.29 is 65.8 Å². The number of ketones is 4. The third kappa shape index (κ3) is 33.2. The van der Waals surface area contributed by atoms with Crippen LogP contribution in [0.3, 0.4) is 0 Å². The predicted molar refractivity (Wildman–Crippen MR) is 444 cm³/mol. The van der Waals surface area contributed by atoms with Crippen LogP contribution < -0.4 is 32.7 Å². The molecule has 113 heavy (non-hydrogen) atoms. The van der Waals surface area contributed by atoms with Crippen LogP contribution in [-0.4, -0.2) is 166 Å². The number of aliphatic carboxylic acids is 1. The summed E-state index contributed by atoms with van der Waals surface area (Å²) in [6.45, 7) is 19.5. The summed E-state index contributed by atoms with van der Waals surface area (Å²) in [6.07, 6.45) is 10.5. The van der Waals surface area contributed by atoms with Gasteiger partial charge in [-0.2, -0.15) is 23.5 Å². The van der Waals surface area contributed by atoms with Gasteiger partial charge in [0, 0.05) is 141 Å². The topological polar surface area (TPSA) is 290 Å². The molecule has 20 nitrogen and oxygen atoms in total. The summed E-state index contributed by atoms with van der Waals surface area (Å²) in [4.78, 5) is 119. The number of amides is 4. The quantitative estimate of drug-likeness (QED) is 0.0138. The second-order valence-electron chi connectivity index (χ2n) is 31.2. The summed E-state index contributed by atoms with van der Waals surface area (Å²) in [6, 6.07) is 27.8. The highest BCUT2D eigenvalue weighted by molar-refractivity contribution is 8.00. The molecule has 0 spiro atoms. The van der Waals surface area contributed by atoms with Gasteiger partial charge in [0.05, 0.1) is 23.6 Å². The maximum absolute atomic E-state index is 15.1. The number of carbonyl (C=O) groups is 9. The number of thioether (sulfide) groups is 2. The van der Waals surface area contributed by atoms with E-state index in [0.29, 0.717) is 101 Å². The van der Waals surface area contributed by atoms with Crippen molar-refractivity contribution in [1.82, 2.24) is 40.2 Å². The van der Waals surface area contributed by atoms with Crippen molar-refractivity contribution in [1.29, 1.82) is 0 Å². The van der Waals surface area contributed by atoms with Crippen LogP contribution in [0.15, 0.2) is 122 Å². The lowest BCUT2D eigenvalue weighted by Crippen LogP contribution is -2.44. The first-order valence-electron chi connectivity index (χ1n) is 39.5. The van der Waals surface area contributed by atoms with E-state index < -0.39 is 70.0 Å². The Morgan fingerprint density at radius 1 is 0.504 bits per heavy atom. The van der Waals surface area contributed by atoms with Gasteiger partial charge in [-0.3, -0.25) is 28.8 Å². The molecule has 6 rings (SSSR count). The van der Waals surface area contributed by atoms with Crippen LogP contribution in [-0.2, 0) is 56.2 Å². The van der Waals surface area contributed by atoms with Crippen LogP contribution in [0, 0.1) is 45.9 Å². The summed E-state index contributed by atoms with van der Waals surface area (Å²) in [5.74, 6) is -4.57. The van der Waals surface area contributed by atoms with Crippen LogP contribution in [0.5, 0.6) is 0 Å². The van der Waals surface area contributed by atoms with Crippen LogP contribution >= 0.6 is 23.5 Å². The SMILES string of the molecule is CNCCCC[C@H](CC(C)=O)C(=O)CCCNC(=O)CCSCC(=O)N(CCCN)[C@@H](c1cc(-c2cc(F)ccc2F)cn1Cc1ccccc1)C(C)(C)C.CNCCCC[C@H](CC(C)=O)C(=O)CC[C@@H](NC(=O)CCSCC(=O)N(CCCN)[C@@H](c1cc(-c2cc(F)ccc2F)cn1Cc1ccccc1)C(C)(C)C)C(=O)O. The predicted octanol–water partition coefficient (Wildman–Crippen LogP) is 14.1.